The molecule has 0 fully saturated rings. The molecule has 1 aliphatic heterocycles. The molecule has 1 aromatic heterocycles. The van der Waals surface area contributed by atoms with Gasteiger partial charge < -0.3 is 5.32 Å². The van der Waals surface area contributed by atoms with E-state index < -0.39 is 0 Å². The molecule has 1 unspecified atom stereocenters. The van der Waals surface area contributed by atoms with Crippen LogP contribution >= 0.6 is 0 Å². The normalized spacial score (nSPS) is 16.8. The van der Waals surface area contributed by atoms with Gasteiger partial charge in [0.1, 0.15) is 0 Å². The fourth-order valence-corrected chi connectivity index (χ4v) is 1.46. The maximum atomic E-state index is 11.2. The SMILES string of the molecule is CC.CC.CC1C(=O)NCc2ccncc21. The summed E-state index contributed by atoms with van der Waals surface area (Å²) in [4.78, 5) is 15.2. The molecule has 0 aromatic carbocycles. The van der Waals surface area contributed by atoms with Crippen LogP contribution in [-0.2, 0) is 11.3 Å². The number of rotatable bonds is 0. The standard InChI is InChI=1S/C9H10N2O.2C2H6/c1-6-8-5-10-3-2-7(8)4-11-9(6)12;2*1-2/h2-3,5-6H,4H2,1H3,(H,11,12);2*1-2H3. The highest BCUT2D eigenvalue weighted by Crippen LogP contribution is 2.22. The van der Waals surface area contributed by atoms with E-state index in [2.05, 4.69) is 10.3 Å². The van der Waals surface area contributed by atoms with E-state index in [1.54, 1.807) is 12.4 Å². The van der Waals surface area contributed by atoms with Crippen molar-refractivity contribution in [3.63, 3.8) is 0 Å². The molecule has 0 saturated heterocycles. The minimum atomic E-state index is -0.0533. The van der Waals surface area contributed by atoms with E-state index in [-0.39, 0.29) is 11.8 Å². The Morgan fingerprint density at radius 1 is 1.31 bits per heavy atom. The van der Waals surface area contributed by atoms with Crippen molar-refractivity contribution >= 4 is 5.91 Å². The first kappa shape index (κ1) is 14.6. The van der Waals surface area contributed by atoms with E-state index in [4.69, 9.17) is 0 Å². The summed E-state index contributed by atoms with van der Waals surface area (Å²) in [6.07, 6.45) is 3.53. The highest BCUT2D eigenvalue weighted by atomic mass is 16.1. The molecule has 0 bridgehead atoms. The summed E-state index contributed by atoms with van der Waals surface area (Å²) in [5.74, 6) is 0.0398. The Morgan fingerprint density at radius 3 is 2.56 bits per heavy atom. The number of carbonyl (C=O) groups excluding carboxylic acids is 1. The molecule has 3 heteroatoms. The highest BCUT2D eigenvalue weighted by molar-refractivity contribution is 5.85. The summed E-state index contributed by atoms with van der Waals surface area (Å²) in [6.45, 7) is 10.5. The second-order valence-corrected chi connectivity index (χ2v) is 3.01. The molecule has 0 spiro atoms. The zero-order chi connectivity index (χ0) is 12.6. The van der Waals surface area contributed by atoms with Gasteiger partial charge in [-0.1, -0.05) is 27.7 Å². The average Bonchev–Trinajstić information content (AvgIpc) is 2.39. The predicted octanol–water partition coefficient (Wildman–Crippen LogP) is 2.87. The van der Waals surface area contributed by atoms with Crippen molar-refractivity contribution < 1.29 is 4.79 Å². The maximum Gasteiger partial charge on any atom is 0.227 e. The zero-order valence-electron chi connectivity index (χ0n) is 10.9. The topological polar surface area (TPSA) is 42.0 Å². The average molecular weight is 222 g/mol. The maximum absolute atomic E-state index is 11.2. The largest absolute Gasteiger partial charge is 0.351 e. The van der Waals surface area contributed by atoms with Gasteiger partial charge >= 0.3 is 0 Å². The number of hydrogen-bond acceptors (Lipinski definition) is 2. The number of amides is 1. The summed E-state index contributed by atoms with van der Waals surface area (Å²) < 4.78 is 0. The van der Waals surface area contributed by atoms with Crippen LogP contribution in [0.4, 0.5) is 0 Å². The summed E-state index contributed by atoms with van der Waals surface area (Å²) in [5.41, 5.74) is 2.23. The van der Waals surface area contributed by atoms with Crippen LogP contribution in [0.5, 0.6) is 0 Å². The van der Waals surface area contributed by atoms with Gasteiger partial charge in [-0.15, -0.1) is 0 Å². The molecule has 1 aliphatic rings. The molecule has 2 rings (SSSR count). The fourth-order valence-electron chi connectivity index (χ4n) is 1.46. The molecule has 1 atom stereocenters. The molecular formula is C13H22N2O. The van der Waals surface area contributed by atoms with Crippen LogP contribution in [0.2, 0.25) is 0 Å². The molecule has 2 heterocycles. The van der Waals surface area contributed by atoms with Crippen LogP contribution in [0.1, 0.15) is 51.7 Å². The number of hydrogen-bond donors (Lipinski definition) is 1. The Balaban J connectivity index is 0.000000509. The first-order valence-corrected chi connectivity index (χ1v) is 5.99. The number of carbonyl (C=O) groups is 1. The van der Waals surface area contributed by atoms with E-state index in [1.807, 2.05) is 40.7 Å². The van der Waals surface area contributed by atoms with E-state index >= 15 is 0 Å². The summed E-state index contributed by atoms with van der Waals surface area (Å²) in [7, 11) is 0. The first-order valence-electron chi connectivity index (χ1n) is 5.99. The lowest BCUT2D eigenvalue weighted by atomic mass is 9.94. The van der Waals surface area contributed by atoms with Crippen molar-refractivity contribution in [2.75, 3.05) is 0 Å². The van der Waals surface area contributed by atoms with Crippen molar-refractivity contribution in [1.82, 2.24) is 10.3 Å². The minimum absolute atomic E-state index is 0.0533. The first-order chi connectivity index (χ1) is 7.79. The molecule has 0 aliphatic carbocycles. The van der Waals surface area contributed by atoms with Crippen LogP contribution in [0.3, 0.4) is 0 Å². The van der Waals surface area contributed by atoms with Gasteiger partial charge in [0.05, 0.1) is 5.92 Å². The molecule has 0 radical (unpaired) electrons. The van der Waals surface area contributed by atoms with E-state index in [0.717, 1.165) is 5.56 Å². The van der Waals surface area contributed by atoms with Crippen LogP contribution in [0.15, 0.2) is 18.5 Å². The van der Waals surface area contributed by atoms with Crippen LogP contribution < -0.4 is 5.32 Å². The number of aromatic nitrogens is 1. The minimum Gasteiger partial charge on any atom is -0.351 e. The smallest absolute Gasteiger partial charge is 0.227 e. The Labute approximate surface area is 98.3 Å². The number of pyridine rings is 1. The third kappa shape index (κ3) is 3.33. The lowest BCUT2D eigenvalue weighted by Gasteiger charge is -2.21. The predicted molar refractivity (Wildman–Crippen MR) is 67.2 cm³/mol. The van der Waals surface area contributed by atoms with Gasteiger partial charge in [-0.3, -0.25) is 9.78 Å². The Kier molecular flexibility index (Phi) is 7.18. The summed E-state index contributed by atoms with van der Waals surface area (Å²) in [5, 5.41) is 2.82. The molecule has 0 saturated carbocycles. The van der Waals surface area contributed by atoms with Crippen molar-refractivity contribution in [3.05, 3.63) is 29.6 Å². The fraction of sp³-hybridized carbons (Fsp3) is 0.538. The van der Waals surface area contributed by atoms with Crippen molar-refractivity contribution in [1.29, 1.82) is 0 Å². The van der Waals surface area contributed by atoms with Gasteiger partial charge in [-0.2, -0.15) is 0 Å². The third-order valence-corrected chi connectivity index (χ3v) is 2.26. The quantitative estimate of drug-likeness (QED) is 0.733. The second-order valence-electron chi connectivity index (χ2n) is 3.01. The molecule has 16 heavy (non-hydrogen) atoms. The van der Waals surface area contributed by atoms with Gasteiger partial charge in [-0.25, -0.2) is 0 Å². The lowest BCUT2D eigenvalue weighted by Crippen LogP contribution is -2.33. The zero-order valence-corrected chi connectivity index (χ0v) is 10.9. The van der Waals surface area contributed by atoms with Gasteiger partial charge in [-0.05, 0) is 24.1 Å². The van der Waals surface area contributed by atoms with Crippen LogP contribution in [-0.4, -0.2) is 10.9 Å². The molecule has 90 valence electrons. The van der Waals surface area contributed by atoms with E-state index in [9.17, 15) is 4.79 Å². The number of nitrogens with one attached hydrogen (secondary N) is 1. The van der Waals surface area contributed by atoms with Crippen molar-refractivity contribution in [3.8, 4) is 0 Å². The van der Waals surface area contributed by atoms with Crippen molar-refractivity contribution in [2.45, 2.75) is 47.1 Å². The van der Waals surface area contributed by atoms with Gasteiger partial charge in [0, 0.05) is 18.9 Å². The molecule has 1 aromatic rings. The summed E-state index contributed by atoms with van der Waals surface area (Å²) >= 11 is 0. The molecule has 1 amide bonds. The molecule has 3 nitrogen and oxygen atoms in total. The Hall–Kier alpha value is -1.38. The van der Waals surface area contributed by atoms with Gasteiger partial charge in [0.25, 0.3) is 0 Å². The third-order valence-electron chi connectivity index (χ3n) is 2.26. The number of nitrogens with zero attached hydrogens (tertiary/aromatic N) is 1. The summed E-state index contributed by atoms with van der Waals surface area (Å²) in [6, 6.07) is 1.95. The highest BCUT2D eigenvalue weighted by Gasteiger charge is 2.22. The van der Waals surface area contributed by atoms with Gasteiger partial charge in [0.15, 0.2) is 0 Å². The molecule has 1 N–H and O–H groups in total. The Morgan fingerprint density at radius 2 is 1.94 bits per heavy atom. The number of fused-ring (bicyclic) bond motifs is 1. The van der Waals surface area contributed by atoms with Crippen molar-refractivity contribution in [2.24, 2.45) is 0 Å². The van der Waals surface area contributed by atoms with Gasteiger partial charge in [0.2, 0.25) is 5.91 Å². The van der Waals surface area contributed by atoms with Crippen LogP contribution in [0, 0.1) is 0 Å². The van der Waals surface area contributed by atoms with E-state index in [0.29, 0.717) is 6.54 Å². The van der Waals surface area contributed by atoms with Crippen LogP contribution in [0.25, 0.3) is 0 Å². The lowest BCUT2D eigenvalue weighted by molar-refractivity contribution is -0.122. The van der Waals surface area contributed by atoms with E-state index in [1.165, 1.54) is 5.56 Å². The molecular weight excluding hydrogens is 200 g/mol. The monoisotopic (exact) mass is 222 g/mol. The Bertz CT molecular complexity index is 323. The second kappa shape index (κ2) is 7.85.